The minimum Gasteiger partial charge on any atom is -0.481 e. The number of carbonyl (C=O) groups is 2. The van der Waals surface area contributed by atoms with Gasteiger partial charge in [0.05, 0.1) is 11.0 Å². The Morgan fingerprint density at radius 3 is 2.54 bits per heavy atom. The second-order valence-corrected chi connectivity index (χ2v) is 8.60. The minimum atomic E-state index is -3.78. The van der Waals surface area contributed by atoms with Crippen LogP contribution in [0.4, 0.5) is 0 Å². The maximum Gasteiger partial charge on any atom is 0.311 e. The Morgan fingerprint density at radius 2 is 2.00 bits per heavy atom. The zero-order chi connectivity index (χ0) is 18.3. The zero-order valence-electron chi connectivity index (χ0n) is 14.2. The summed E-state index contributed by atoms with van der Waals surface area (Å²) in [6, 6.07) is 1.21. The molecule has 134 valence electrons. The smallest absolute Gasteiger partial charge is 0.311 e. The Labute approximate surface area is 141 Å². The fraction of sp³-hybridized carbons (Fsp3) is 0.600. The first kappa shape index (κ1) is 18.5. The molecule has 0 bridgehead atoms. The topological polar surface area (TPSA) is 108 Å². The number of furan rings is 1. The number of sulfonamides is 1. The van der Waals surface area contributed by atoms with Gasteiger partial charge in [0, 0.05) is 33.3 Å². The van der Waals surface area contributed by atoms with Crippen molar-refractivity contribution < 1.29 is 27.5 Å². The van der Waals surface area contributed by atoms with E-state index in [0.29, 0.717) is 19.4 Å². The standard InChI is InChI=1S/C15H22N2O6S/c1-10-11(8-12(23-10)24(21,22)16(3)4)13(18)17-7-5-6-15(2,9-17)14(19)20/h8H,5-7,9H2,1-4H3,(H,19,20). The number of likely N-dealkylation sites (tertiary alicyclic amines) is 1. The molecule has 24 heavy (non-hydrogen) atoms. The molecule has 1 aliphatic rings. The second kappa shape index (κ2) is 6.21. The fourth-order valence-electron chi connectivity index (χ4n) is 2.73. The average Bonchev–Trinajstić information content (AvgIpc) is 2.89. The number of aryl methyl sites for hydroxylation is 1. The molecule has 1 fully saturated rings. The SMILES string of the molecule is Cc1oc(S(=O)(=O)N(C)C)cc1C(=O)N1CCCC(C)(C(=O)O)C1. The third kappa shape index (κ3) is 3.18. The van der Waals surface area contributed by atoms with Gasteiger partial charge in [0.15, 0.2) is 0 Å². The summed E-state index contributed by atoms with van der Waals surface area (Å²) in [7, 11) is -1.03. The summed E-state index contributed by atoms with van der Waals surface area (Å²) in [6.45, 7) is 3.64. The first-order valence-electron chi connectivity index (χ1n) is 7.55. The van der Waals surface area contributed by atoms with Crippen molar-refractivity contribution in [3.63, 3.8) is 0 Å². The van der Waals surface area contributed by atoms with Crippen LogP contribution in [0.5, 0.6) is 0 Å². The van der Waals surface area contributed by atoms with E-state index < -0.39 is 27.3 Å². The van der Waals surface area contributed by atoms with Gasteiger partial charge in [0.1, 0.15) is 5.76 Å². The lowest BCUT2D eigenvalue weighted by Crippen LogP contribution is -2.48. The van der Waals surface area contributed by atoms with E-state index in [1.54, 1.807) is 6.92 Å². The van der Waals surface area contributed by atoms with Crippen LogP contribution in [-0.2, 0) is 14.8 Å². The molecule has 0 spiro atoms. The Kier molecular flexibility index (Phi) is 4.78. The highest BCUT2D eigenvalue weighted by Crippen LogP contribution is 2.31. The van der Waals surface area contributed by atoms with Gasteiger partial charge in [-0.15, -0.1) is 0 Å². The summed E-state index contributed by atoms with van der Waals surface area (Å²) < 4.78 is 30.5. The molecule has 0 radical (unpaired) electrons. The molecule has 1 aromatic heterocycles. The van der Waals surface area contributed by atoms with Crippen LogP contribution in [0.25, 0.3) is 0 Å². The first-order chi connectivity index (χ1) is 11.0. The number of carboxylic acids is 1. The molecule has 1 aliphatic heterocycles. The molecule has 8 nitrogen and oxygen atoms in total. The van der Waals surface area contributed by atoms with Gasteiger partial charge in [-0.2, -0.15) is 0 Å². The molecule has 0 aromatic carbocycles. The Hall–Kier alpha value is -1.87. The Bertz CT molecular complexity index is 767. The summed E-state index contributed by atoms with van der Waals surface area (Å²) in [5.41, 5.74) is -0.852. The van der Waals surface area contributed by atoms with Crippen LogP contribution in [0, 0.1) is 12.3 Å². The quantitative estimate of drug-likeness (QED) is 0.865. The van der Waals surface area contributed by atoms with Crippen LogP contribution in [0.2, 0.25) is 0 Å². The summed E-state index contributed by atoms with van der Waals surface area (Å²) in [6.07, 6.45) is 1.07. The number of carboxylic acid groups (broad SMARTS) is 1. The van der Waals surface area contributed by atoms with E-state index in [4.69, 9.17) is 4.42 Å². The van der Waals surface area contributed by atoms with Crippen molar-refractivity contribution in [3.8, 4) is 0 Å². The van der Waals surface area contributed by atoms with E-state index >= 15 is 0 Å². The van der Waals surface area contributed by atoms with Gasteiger partial charge in [-0.25, -0.2) is 12.7 Å². The minimum absolute atomic E-state index is 0.0849. The Morgan fingerprint density at radius 1 is 1.38 bits per heavy atom. The van der Waals surface area contributed by atoms with Crippen molar-refractivity contribution in [1.29, 1.82) is 0 Å². The molecule has 0 saturated carbocycles. The second-order valence-electron chi connectivity index (χ2n) is 6.52. The maximum atomic E-state index is 12.7. The van der Waals surface area contributed by atoms with Crippen LogP contribution >= 0.6 is 0 Å². The predicted octanol–water partition coefficient (Wildman–Crippen LogP) is 1.17. The van der Waals surface area contributed by atoms with Gasteiger partial charge in [-0.3, -0.25) is 9.59 Å². The van der Waals surface area contributed by atoms with E-state index in [1.165, 1.54) is 32.0 Å². The van der Waals surface area contributed by atoms with E-state index in [2.05, 4.69) is 0 Å². The highest BCUT2D eigenvalue weighted by atomic mass is 32.2. The fourth-order valence-corrected chi connectivity index (χ4v) is 3.59. The van der Waals surface area contributed by atoms with Gasteiger partial charge in [-0.1, -0.05) is 0 Å². The molecule has 0 aliphatic carbocycles. The van der Waals surface area contributed by atoms with Crippen molar-refractivity contribution in [3.05, 3.63) is 17.4 Å². The van der Waals surface area contributed by atoms with Crippen molar-refractivity contribution in [2.75, 3.05) is 27.2 Å². The van der Waals surface area contributed by atoms with E-state index in [0.717, 1.165) is 4.31 Å². The zero-order valence-corrected chi connectivity index (χ0v) is 15.0. The first-order valence-corrected chi connectivity index (χ1v) is 8.99. The lowest BCUT2D eigenvalue weighted by atomic mass is 9.82. The summed E-state index contributed by atoms with van der Waals surface area (Å²) in [4.78, 5) is 25.6. The van der Waals surface area contributed by atoms with Crippen molar-refractivity contribution in [1.82, 2.24) is 9.21 Å². The molecule has 1 saturated heterocycles. The number of carbonyl (C=O) groups excluding carboxylic acids is 1. The predicted molar refractivity (Wildman–Crippen MR) is 85.2 cm³/mol. The average molecular weight is 358 g/mol. The number of hydrogen-bond acceptors (Lipinski definition) is 5. The summed E-state index contributed by atoms with van der Waals surface area (Å²) >= 11 is 0. The van der Waals surface area contributed by atoms with E-state index in [9.17, 15) is 23.1 Å². The lowest BCUT2D eigenvalue weighted by Gasteiger charge is -2.37. The number of amides is 1. The normalized spacial score (nSPS) is 22.0. The lowest BCUT2D eigenvalue weighted by molar-refractivity contribution is -0.150. The molecular formula is C15H22N2O6S. The highest BCUT2D eigenvalue weighted by molar-refractivity contribution is 7.88. The van der Waals surface area contributed by atoms with E-state index in [1.807, 2.05) is 0 Å². The Balaban J connectivity index is 2.31. The van der Waals surface area contributed by atoms with Gasteiger partial charge in [-0.05, 0) is 26.7 Å². The molecule has 9 heteroatoms. The van der Waals surface area contributed by atoms with Gasteiger partial charge in [0.25, 0.3) is 15.9 Å². The van der Waals surface area contributed by atoms with Gasteiger partial charge < -0.3 is 14.4 Å². The molecule has 2 rings (SSSR count). The number of aliphatic carboxylic acids is 1. The number of hydrogen-bond donors (Lipinski definition) is 1. The summed E-state index contributed by atoms with van der Waals surface area (Å²) in [5, 5.41) is 9.05. The van der Waals surface area contributed by atoms with Crippen LogP contribution in [0.15, 0.2) is 15.6 Å². The van der Waals surface area contributed by atoms with Crippen molar-refractivity contribution >= 4 is 21.9 Å². The van der Waals surface area contributed by atoms with Crippen molar-refractivity contribution in [2.24, 2.45) is 5.41 Å². The third-order valence-electron chi connectivity index (χ3n) is 4.36. The van der Waals surface area contributed by atoms with E-state index in [-0.39, 0.29) is 23.0 Å². The van der Waals surface area contributed by atoms with Crippen LogP contribution < -0.4 is 0 Å². The van der Waals surface area contributed by atoms with Gasteiger partial charge >= 0.3 is 5.97 Å². The molecular weight excluding hydrogens is 336 g/mol. The molecule has 1 atom stereocenters. The number of nitrogens with zero attached hydrogens (tertiary/aromatic N) is 2. The molecule has 1 aromatic rings. The molecule has 1 unspecified atom stereocenters. The number of piperidine rings is 1. The van der Waals surface area contributed by atoms with Crippen molar-refractivity contribution in [2.45, 2.75) is 31.8 Å². The maximum absolute atomic E-state index is 12.7. The summed E-state index contributed by atoms with van der Waals surface area (Å²) in [5.74, 6) is -1.16. The molecule has 1 N–H and O–H groups in total. The molecule has 1 amide bonds. The van der Waals surface area contributed by atoms with Gasteiger partial charge in [0.2, 0.25) is 5.09 Å². The number of rotatable bonds is 4. The highest BCUT2D eigenvalue weighted by Gasteiger charge is 2.40. The molecule has 2 heterocycles. The third-order valence-corrected chi connectivity index (χ3v) is 6.03. The monoisotopic (exact) mass is 358 g/mol. The van der Waals surface area contributed by atoms with Crippen LogP contribution in [0.3, 0.4) is 0 Å². The van der Waals surface area contributed by atoms with Crippen LogP contribution in [0.1, 0.15) is 35.9 Å². The largest absolute Gasteiger partial charge is 0.481 e. The van der Waals surface area contributed by atoms with Crippen LogP contribution in [-0.4, -0.2) is 61.8 Å².